The number of carbonyl (C=O) groups is 2. The molecule has 0 spiro atoms. The first-order valence-corrected chi connectivity index (χ1v) is 7.69. The zero-order valence-electron chi connectivity index (χ0n) is 11.1. The van der Waals surface area contributed by atoms with Crippen molar-refractivity contribution in [3.63, 3.8) is 0 Å². The van der Waals surface area contributed by atoms with Gasteiger partial charge in [-0.3, -0.25) is 9.59 Å². The largest absolute Gasteiger partial charge is 0.325 e. The van der Waals surface area contributed by atoms with Crippen molar-refractivity contribution in [2.24, 2.45) is 0 Å². The summed E-state index contributed by atoms with van der Waals surface area (Å²) in [5, 5.41) is 2.72. The number of rotatable bonds is 5. The van der Waals surface area contributed by atoms with Gasteiger partial charge in [0.25, 0.3) is 0 Å². The maximum absolute atomic E-state index is 12.6. The van der Waals surface area contributed by atoms with Gasteiger partial charge >= 0.3 is 0 Å². The number of hydrogen-bond acceptors (Lipinski definition) is 2. The first kappa shape index (κ1) is 15.7. The van der Waals surface area contributed by atoms with Crippen molar-refractivity contribution in [3.05, 3.63) is 64.1 Å². The average Bonchev–Trinajstić information content (AvgIpc) is 2.49. The van der Waals surface area contributed by atoms with Gasteiger partial charge in [-0.05, 0) is 18.2 Å². The standard InChI is InChI=1S/C16H13BrClNO2/c17-12-6-7-14(19-15(20)8-9-18)13(10-12)16(21)11-4-2-1-3-5-11/h1-7,10H,8-9H2,(H,19,20). The van der Waals surface area contributed by atoms with E-state index < -0.39 is 0 Å². The molecule has 0 unspecified atom stereocenters. The minimum absolute atomic E-state index is 0.141. The summed E-state index contributed by atoms with van der Waals surface area (Å²) in [6.07, 6.45) is 0.205. The molecule has 0 aliphatic heterocycles. The molecule has 21 heavy (non-hydrogen) atoms. The molecule has 0 saturated carbocycles. The molecule has 108 valence electrons. The summed E-state index contributed by atoms with van der Waals surface area (Å²) in [7, 11) is 0. The second-order valence-corrected chi connectivity index (χ2v) is 5.67. The van der Waals surface area contributed by atoms with Gasteiger partial charge < -0.3 is 5.32 Å². The van der Waals surface area contributed by atoms with Gasteiger partial charge in [0, 0.05) is 27.9 Å². The third kappa shape index (κ3) is 4.16. The van der Waals surface area contributed by atoms with E-state index in [-0.39, 0.29) is 24.0 Å². The van der Waals surface area contributed by atoms with Gasteiger partial charge in [0.1, 0.15) is 0 Å². The summed E-state index contributed by atoms with van der Waals surface area (Å²) in [5.74, 6) is -0.114. The fourth-order valence-corrected chi connectivity index (χ4v) is 2.39. The second-order valence-electron chi connectivity index (χ2n) is 4.37. The van der Waals surface area contributed by atoms with Crippen molar-refractivity contribution in [2.75, 3.05) is 11.2 Å². The molecule has 0 radical (unpaired) electrons. The molecule has 5 heteroatoms. The van der Waals surface area contributed by atoms with Gasteiger partial charge in [-0.25, -0.2) is 0 Å². The Balaban J connectivity index is 2.35. The fourth-order valence-electron chi connectivity index (χ4n) is 1.86. The third-order valence-electron chi connectivity index (χ3n) is 2.86. The number of benzene rings is 2. The van der Waals surface area contributed by atoms with Crippen LogP contribution in [0.3, 0.4) is 0 Å². The highest BCUT2D eigenvalue weighted by Gasteiger charge is 2.15. The lowest BCUT2D eigenvalue weighted by Crippen LogP contribution is -2.15. The maximum Gasteiger partial charge on any atom is 0.225 e. The summed E-state index contributed by atoms with van der Waals surface area (Å²) in [5.41, 5.74) is 1.50. The SMILES string of the molecule is O=C(CCCl)Nc1ccc(Br)cc1C(=O)c1ccccc1. The van der Waals surface area contributed by atoms with Gasteiger partial charge in [0.15, 0.2) is 5.78 Å². The van der Waals surface area contributed by atoms with Gasteiger partial charge in [0.05, 0.1) is 5.69 Å². The third-order valence-corrected chi connectivity index (χ3v) is 3.54. The Morgan fingerprint density at radius 1 is 1.10 bits per heavy atom. The number of hydrogen-bond donors (Lipinski definition) is 1. The molecule has 0 fully saturated rings. The molecule has 0 saturated heterocycles. The number of carbonyl (C=O) groups excluding carboxylic acids is 2. The molecular formula is C16H13BrClNO2. The van der Waals surface area contributed by atoms with E-state index in [1.807, 2.05) is 6.07 Å². The van der Waals surface area contributed by atoms with Gasteiger partial charge in [-0.1, -0.05) is 46.3 Å². The van der Waals surface area contributed by atoms with Crippen LogP contribution in [0.1, 0.15) is 22.3 Å². The molecule has 2 rings (SSSR count). The summed E-state index contributed by atoms with van der Waals surface area (Å²) >= 11 is 8.90. The Kier molecular flexibility index (Phi) is 5.53. The van der Waals surface area contributed by atoms with Crippen molar-refractivity contribution in [1.82, 2.24) is 0 Å². The number of anilines is 1. The first-order chi connectivity index (χ1) is 10.1. The van der Waals surface area contributed by atoms with E-state index in [9.17, 15) is 9.59 Å². The van der Waals surface area contributed by atoms with Crippen molar-refractivity contribution in [2.45, 2.75) is 6.42 Å². The quantitative estimate of drug-likeness (QED) is 0.635. The average molecular weight is 367 g/mol. The van der Waals surface area contributed by atoms with E-state index in [0.29, 0.717) is 16.8 Å². The molecule has 2 aromatic rings. The molecule has 1 N–H and O–H groups in total. The molecule has 0 aliphatic carbocycles. The van der Waals surface area contributed by atoms with Crippen LogP contribution in [-0.2, 0) is 4.79 Å². The Hall–Kier alpha value is -1.65. The van der Waals surface area contributed by atoms with Crippen molar-refractivity contribution in [3.8, 4) is 0 Å². The number of nitrogens with one attached hydrogen (secondary N) is 1. The Morgan fingerprint density at radius 2 is 1.81 bits per heavy atom. The van der Waals surface area contributed by atoms with Crippen LogP contribution in [-0.4, -0.2) is 17.6 Å². The molecule has 3 nitrogen and oxygen atoms in total. The van der Waals surface area contributed by atoms with Crippen LogP contribution in [0.25, 0.3) is 0 Å². The van der Waals surface area contributed by atoms with Gasteiger partial charge in [0.2, 0.25) is 5.91 Å². The van der Waals surface area contributed by atoms with Crippen molar-refractivity contribution < 1.29 is 9.59 Å². The molecular weight excluding hydrogens is 354 g/mol. The molecule has 0 aromatic heterocycles. The summed E-state index contributed by atoms with van der Waals surface area (Å²) in [6, 6.07) is 14.1. The van der Waals surface area contributed by atoms with Gasteiger partial charge in [-0.15, -0.1) is 11.6 Å². The zero-order chi connectivity index (χ0) is 15.2. The van der Waals surface area contributed by atoms with E-state index in [2.05, 4.69) is 21.2 Å². The highest BCUT2D eigenvalue weighted by molar-refractivity contribution is 9.10. The summed E-state index contributed by atoms with van der Waals surface area (Å²) in [6.45, 7) is 0. The normalized spacial score (nSPS) is 10.2. The van der Waals surface area contributed by atoms with E-state index in [0.717, 1.165) is 4.47 Å². The topological polar surface area (TPSA) is 46.2 Å². The molecule has 0 atom stereocenters. The molecule has 1 amide bonds. The number of amides is 1. The smallest absolute Gasteiger partial charge is 0.225 e. The van der Waals surface area contributed by atoms with Crippen LogP contribution in [0.2, 0.25) is 0 Å². The predicted molar refractivity (Wildman–Crippen MR) is 88.0 cm³/mol. The van der Waals surface area contributed by atoms with Crippen LogP contribution < -0.4 is 5.32 Å². The Bertz CT molecular complexity index is 659. The predicted octanol–water partition coefficient (Wildman–Crippen LogP) is 4.25. The maximum atomic E-state index is 12.6. The zero-order valence-corrected chi connectivity index (χ0v) is 13.4. The van der Waals surface area contributed by atoms with Crippen LogP contribution in [0.15, 0.2) is 53.0 Å². The lowest BCUT2D eigenvalue weighted by Gasteiger charge is -2.11. The first-order valence-electron chi connectivity index (χ1n) is 6.37. The van der Waals surface area contributed by atoms with E-state index >= 15 is 0 Å². The van der Waals surface area contributed by atoms with Crippen molar-refractivity contribution in [1.29, 1.82) is 0 Å². The summed E-state index contributed by atoms with van der Waals surface area (Å²) < 4.78 is 0.775. The number of alkyl halides is 1. The summed E-state index contributed by atoms with van der Waals surface area (Å²) in [4.78, 5) is 24.3. The fraction of sp³-hybridized carbons (Fsp3) is 0.125. The minimum atomic E-state index is -0.213. The van der Waals surface area contributed by atoms with Crippen molar-refractivity contribution >= 4 is 44.9 Å². The molecule has 0 heterocycles. The molecule has 0 bridgehead atoms. The minimum Gasteiger partial charge on any atom is -0.325 e. The van der Waals surface area contributed by atoms with Crippen LogP contribution in [0.4, 0.5) is 5.69 Å². The Labute approximate surface area is 136 Å². The molecule has 2 aromatic carbocycles. The number of halogens is 2. The lowest BCUT2D eigenvalue weighted by atomic mass is 10.0. The monoisotopic (exact) mass is 365 g/mol. The highest BCUT2D eigenvalue weighted by Crippen LogP contribution is 2.24. The highest BCUT2D eigenvalue weighted by atomic mass is 79.9. The van der Waals surface area contributed by atoms with Crippen LogP contribution >= 0.6 is 27.5 Å². The lowest BCUT2D eigenvalue weighted by molar-refractivity contribution is -0.115. The molecule has 0 aliphatic rings. The second kappa shape index (κ2) is 7.38. The van der Waals surface area contributed by atoms with E-state index in [4.69, 9.17) is 11.6 Å². The Morgan fingerprint density at radius 3 is 2.48 bits per heavy atom. The van der Waals surface area contributed by atoms with Gasteiger partial charge in [-0.2, -0.15) is 0 Å². The van der Waals surface area contributed by atoms with Crippen LogP contribution in [0, 0.1) is 0 Å². The van der Waals surface area contributed by atoms with E-state index in [1.54, 1.807) is 42.5 Å². The van der Waals surface area contributed by atoms with Crippen LogP contribution in [0.5, 0.6) is 0 Å². The number of ketones is 1. The van der Waals surface area contributed by atoms with E-state index in [1.165, 1.54) is 0 Å².